The molecule has 0 amide bonds. The Morgan fingerprint density at radius 3 is 2.90 bits per heavy atom. The number of rotatable bonds is 2. The van der Waals surface area contributed by atoms with E-state index in [-0.39, 0.29) is 6.04 Å². The monoisotopic (exact) mass is 296 g/mol. The number of fused-ring (bicyclic) bond motifs is 1. The predicted octanol–water partition coefficient (Wildman–Crippen LogP) is 2.16. The van der Waals surface area contributed by atoms with Crippen molar-refractivity contribution in [2.24, 2.45) is 5.73 Å². The molecule has 0 spiro atoms. The van der Waals surface area contributed by atoms with Gasteiger partial charge in [-0.3, -0.25) is 0 Å². The van der Waals surface area contributed by atoms with Crippen LogP contribution in [-0.2, 0) is 25.6 Å². The first-order valence-corrected chi connectivity index (χ1v) is 6.76. The number of alkyl halides is 3. The van der Waals surface area contributed by atoms with Crippen LogP contribution in [0.15, 0.2) is 24.3 Å². The van der Waals surface area contributed by atoms with Crippen molar-refractivity contribution in [3.63, 3.8) is 0 Å². The molecule has 0 saturated carbocycles. The van der Waals surface area contributed by atoms with Gasteiger partial charge in [-0.15, -0.1) is 0 Å². The van der Waals surface area contributed by atoms with Gasteiger partial charge in [-0.25, -0.2) is 9.67 Å². The standard InChI is InChI=1S/C14H15F3N4/c15-14(16,17)10-3-1-2-9(6-10)7-12-19-13-8-11(18)4-5-21(13)20-12/h1-3,6,11H,4-5,7-8,18H2. The maximum absolute atomic E-state index is 12.7. The van der Waals surface area contributed by atoms with Crippen molar-refractivity contribution in [3.05, 3.63) is 47.0 Å². The molecule has 1 aliphatic rings. The van der Waals surface area contributed by atoms with Crippen molar-refractivity contribution in [1.29, 1.82) is 0 Å². The van der Waals surface area contributed by atoms with Gasteiger partial charge >= 0.3 is 6.18 Å². The Bertz CT molecular complexity index is 648. The lowest BCUT2D eigenvalue weighted by atomic mass is 10.1. The van der Waals surface area contributed by atoms with E-state index in [1.807, 2.05) is 0 Å². The summed E-state index contributed by atoms with van der Waals surface area (Å²) in [6, 6.07) is 5.36. The molecule has 0 bridgehead atoms. The van der Waals surface area contributed by atoms with Gasteiger partial charge < -0.3 is 5.73 Å². The highest BCUT2D eigenvalue weighted by molar-refractivity contribution is 5.27. The van der Waals surface area contributed by atoms with Gasteiger partial charge in [-0.1, -0.05) is 18.2 Å². The van der Waals surface area contributed by atoms with Gasteiger partial charge in [-0.05, 0) is 18.1 Å². The van der Waals surface area contributed by atoms with Crippen molar-refractivity contribution in [2.75, 3.05) is 0 Å². The summed E-state index contributed by atoms with van der Waals surface area (Å²) >= 11 is 0. The van der Waals surface area contributed by atoms with E-state index in [4.69, 9.17) is 5.73 Å². The van der Waals surface area contributed by atoms with Crippen LogP contribution in [0.1, 0.15) is 29.2 Å². The highest BCUT2D eigenvalue weighted by Crippen LogP contribution is 2.29. The lowest BCUT2D eigenvalue weighted by molar-refractivity contribution is -0.137. The van der Waals surface area contributed by atoms with Crippen LogP contribution >= 0.6 is 0 Å². The maximum Gasteiger partial charge on any atom is 0.416 e. The second-order valence-electron chi connectivity index (χ2n) is 5.30. The molecule has 2 heterocycles. The molecule has 112 valence electrons. The molecule has 0 saturated heterocycles. The Balaban J connectivity index is 1.81. The third-order valence-corrected chi connectivity index (χ3v) is 3.57. The van der Waals surface area contributed by atoms with Gasteiger partial charge in [0.2, 0.25) is 0 Å². The Morgan fingerprint density at radius 1 is 1.33 bits per heavy atom. The first-order valence-electron chi connectivity index (χ1n) is 6.76. The number of nitrogens with zero attached hydrogens (tertiary/aromatic N) is 3. The molecule has 4 nitrogen and oxygen atoms in total. The van der Waals surface area contributed by atoms with Crippen molar-refractivity contribution in [3.8, 4) is 0 Å². The van der Waals surface area contributed by atoms with Crippen molar-refractivity contribution in [2.45, 2.75) is 38.0 Å². The number of aromatic nitrogens is 3. The Kier molecular flexibility index (Phi) is 3.44. The fraction of sp³-hybridized carbons (Fsp3) is 0.429. The van der Waals surface area contributed by atoms with Gasteiger partial charge in [-0.2, -0.15) is 18.3 Å². The number of aryl methyl sites for hydroxylation is 1. The number of hydrogen-bond acceptors (Lipinski definition) is 3. The van der Waals surface area contributed by atoms with Gasteiger partial charge in [0.05, 0.1) is 5.56 Å². The van der Waals surface area contributed by atoms with E-state index in [0.717, 1.165) is 24.4 Å². The average Bonchev–Trinajstić information content (AvgIpc) is 2.79. The molecule has 3 rings (SSSR count). The molecule has 1 aromatic heterocycles. The van der Waals surface area contributed by atoms with Crippen LogP contribution in [0.2, 0.25) is 0 Å². The number of hydrogen-bond donors (Lipinski definition) is 1. The third kappa shape index (κ3) is 3.07. The quantitative estimate of drug-likeness (QED) is 0.924. The minimum atomic E-state index is -4.33. The molecule has 1 atom stereocenters. The number of halogens is 3. The van der Waals surface area contributed by atoms with Crippen molar-refractivity contribution < 1.29 is 13.2 Å². The van der Waals surface area contributed by atoms with E-state index in [1.54, 1.807) is 10.7 Å². The zero-order chi connectivity index (χ0) is 15.0. The Morgan fingerprint density at radius 2 is 2.14 bits per heavy atom. The summed E-state index contributed by atoms with van der Waals surface area (Å²) in [7, 11) is 0. The summed E-state index contributed by atoms with van der Waals surface area (Å²) in [6.45, 7) is 0.714. The predicted molar refractivity (Wildman–Crippen MR) is 70.6 cm³/mol. The normalized spacial score (nSPS) is 18.6. The van der Waals surface area contributed by atoms with Crippen molar-refractivity contribution >= 4 is 0 Å². The Hall–Kier alpha value is -1.89. The molecular formula is C14H15F3N4. The fourth-order valence-corrected chi connectivity index (χ4v) is 2.50. The SMILES string of the molecule is NC1CCn2nc(Cc3cccc(C(F)(F)F)c3)nc2C1. The van der Waals surface area contributed by atoms with E-state index in [9.17, 15) is 13.2 Å². The Labute approximate surface area is 119 Å². The number of benzene rings is 1. The highest BCUT2D eigenvalue weighted by atomic mass is 19.4. The molecule has 1 unspecified atom stereocenters. The van der Waals surface area contributed by atoms with Crippen molar-refractivity contribution in [1.82, 2.24) is 14.8 Å². The topological polar surface area (TPSA) is 56.7 Å². The highest BCUT2D eigenvalue weighted by Gasteiger charge is 2.30. The van der Waals surface area contributed by atoms with E-state index >= 15 is 0 Å². The molecule has 1 aliphatic heterocycles. The van der Waals surface area contributed by atoms with Crippen LogP contribution in [-0.4, -0.2) is 20.8 Å². The van der Waals surface area contributed by atoms with E-state index < -0.39 is 11.7 Å². The molecule has 2 aromatic rings. The van der Waals surface area contributed by atoms with Gasteiger partial charge in [0, 0.05) is 25.4 Å². The van der Waals surface area contributed by atoms with E-state index in [2.05, 4.69) is 10.1 Å². The molecule has 7 heteroatoms. The van der Waals surface area contributed by atoms with Gasteiger partial charge in [0.15, 0.2) is 5.82 Å². The summed E-state index contributed by atoms with van der Waals surface area (Å²) in [5, 5.41) is 4.34. The van der Waals surface area contributed by atoms with E-state index in [0.29, 0.717) is 30.8 Å². The van der Waals surface area contributed by atoms with Gasteiger partial charge in [0.1, 0.15) is 5.82 Å². The summed E-state index contributed by atoms with van der Waals surface area (Å²) < 4.78 is 39.9. The first-order chi connectivity index (χ1) is 9.91. The molecule has 0 aliphatic carbocycles. The summed E-state index contributed by atoms with van der Waals surface area (Å²) in [5.41, 5.74) is 5.78. The third-order valence-electron chi connectivity index (χ3n) is 3.57. The summed E-state index contributed by atoms with van der Waals surface area (Å²) in [5.74, 6) is 1.36. The molecule has 2 N–H and O–H groups in total. The van der Waals surface area contributed by atoms with Crippen LogP contribution in [0.4, 0.5) is 13.2 Å². The van der Waals surface area contributed by atoms with E-state index in [1.165, 1.54) is 6.07 Å². The average molecular weight is 296 g/mol. The lowest BCUT2D eigenvalue weighted by Gasteiger charge is -2.17. The molecule has 1 aromatic carbocycles. The summed E-state index contributed by atoms with van der Waals surface area (Å²) in [6.07, 6.45) is -2.53. The molecular weight excluding hydrogens is 281 g/mol. The van der Waals surface area contributed by atoms with Crippen LogP contribution in [0.5, 0.6) is 0 Å². The molecule has 0 radical (unpaired) electrons. The zero-order valence-electron chi connectivity index (χ0n) is 11.3. The van der Waals surface area contributed by atoms with Crippen LogP contribution < -0.4 is 5.73 Å². The smallest absolute Gasteiger partial charge is 0.327 e. The minimum absolute atomic E-state index is 0.0862. The first kappa shape index (κ1) is 14.1. The van der Waals surface area contributed by atoms with Gasteiger partial charge in [0.25, 0.3) is 0 Å². The second-order valence-corrected chi connectivity index (χ2v) is 5.30. The zero-order valence-corrected chi connectivity index (χ0v) is 11.3. The number of nitrogens with two attached hydrogens (primary N) is 1. The summed E-state index contributed by atoms with van der Waals surface area (Å²) in [4.78, 5) is 4.38. The largest absolute Gasteiger partial charge is 0.416 e. The van der Waals surface area contributed by atoms with Crippen LogP contribution in [0.3, 0.4) is 0 Å². The van der Waals surface area contributed by atoms with Crippen LogP contribution in [0, 0.1) is 0 Å². The second kappa shape index (κ2) is 5.14. The molecule has 21 heavy (non-hydrogen) atoms. The fourth-order valence-electron chi connectivity index (χ4n) is 2.50. The van der Waals surface area contributed by atoms with Crippen LogP contribution in [0.25, 0.3) is 0 Å². The molecule has 0 fully saturated rings. The maximum atomic E-state index is 12.7. The lowest BCUT2D eigenvalue weighted by Crippen LogP contribution is -2.31. The minimum Gasteiger partial charge on any atom is -0.327 e.